The molecule has 23 heavy (non-hydrogen) atoms. The van der Waals surface area contributed by atoms with Gasteiger partial charge in [-0.25, -0.2) is 0 Å². The van der Waals surface area contributed by atoms with E-state index in [1.165, 1.54) is 31.7 Å². The van der Waals surface area contributed by atoms with Gasteiger partial charge in [-0.2, -0.15) is 0 Å². The fraction of sp³-hybridized carbons (Fsp3) is 1.00. The highest BCUT2D eigenvalue weighted by Gasteiger charge is 2.52. The SMILES string of the molecule is C[SiH](C)O[Si](C)(C)CCC1CC2CC1CC2[Si](C)(C)O[SiH](C)C. The van der Waals surface area contributed by atoms with Gasteiger partial charge in [-0.3, -0.25) is 0 Å². The molecule has 0 N–H and O–H groups in total. The molecule has 6 heteroatoms. The van der Waals surface area contributed by atoms with E-state index in [9.17, 15) is 0 Å². The molecule has 0 saturated heterocycles. The zero-order valence-corrected chi connectivity index (χ0v) is 21.1. The van der Waals surface area contributed by atoms with Crippen LogP contribution in [-0.2, 0) is 8.23 Å². The molecule has 2 bridgehead atoms. The van der Waals surface area contributed by atoms with Gasteiger partial charge >= 0.3 is 0 Å². The van der Waals surface area contributed by atoms with Crippen molar-refractivity contribution in [3.63, 3.8) is 0 Å². The van der Waals surface area contributed by atoms with Crippen molar-refractivity contribution in [3.05, 3.63) is 0 Å². The molecule has 136 valence electrons. The highest BCUT2D eigenvalue weighted by atomic mass is 28.4. The minimum atomic E-state index is -1.45. The second-order valence-electron chi connectivity index (χ2n) is 9.83. The van der Waals surface area contributed by atoms with Gasteiger partial charge < -0.3 is 8.23 Å². The first-order chi connectivity index (χ1) is 10.5. The molecule has 0 aliphatic heterocycles. The lowest BCUT2D eigenvalue weighted by Crippen LogP contribution is -2.43. The number of hydrogen-bond acceptors (Lipinski definition) is 2. The molecule has 2 saturated carbocycles. The minimum Gasteiger partial charge on any atom is -0.458 e. The van der Waals surface area contributed by atoms with E-state index in [0.29, 0.717) is 0 Å². The van der Waals surface area contributed by atoms with E-state index in [2.05, 4.69) is 52.4 Å². The van der Waals surface area contributed by atoms with Crippen LogP contribution in [-0.4, -0.2) is 34.7 Å². The van der Waals surface area contributed by atoms with E-state index >= 15 is 0 Å². The molecule has 4 unspecified atom stereocenters. The summed E-state index contributed by atoms with van der Waals surface area (Å²) < 4.78 is 12.9. The third kappa shape index (κ3) is 5.38. The first-order valence-electron chi connectivity index (χ1n) is 9.86. The summed E-state index contributed by atoms with van der Waals surface area (Å²) in [6, 6.07) is 1.38. The topological polar surface area (TPSA) is 18.5 Å². The molecule has 0 aromatic carbocycles. The van der Waals surface area contributed by atoms with Crippen molar-refractivity contribution in [2.24, 2.45) is 17.8 Å². The Morgan fingerprint density at radius 3 is 1.91 bits per heavy atom. The highest BCUT2D eigenvalue weighted by molar-refractivity contribution is 6.79. The Bertz CT molecular complexity index is 398. The van der Waals surface area contributed by atoms with Gasteiger partial charge in [0.05, 0.1) is 0 Å². The average molecular weight is 389 g/mol. The molecule has 0 heterocycles. The van der Waals surface area contributed by atoms with Crippen LogP contribution in [0.2, 0.25) is 64.0 Å². The van der Waals surface area contributed by atoms with Crippen molar-refractivity contribution in [2.75, 3.05) is 0 Å². The van der Waals surface area contributed by atoms with Gasteiger partial charge in [-0.1, -0.05) is 6.42 Å². The fourth-order valence-corrected chi connectivity index (χ4v) is 20.0. The molecular formula is C17H40O2Si4. The average Bonchev–Trinajstić information content (AvgIpc) is 2.92. The lowest BCUT2D eigenvalue weighted by atomic mass is 9.86. The van der Waals surface area contributed by atoms with Gasteiger partial charge in [0.2, 0.25) is 0 Å². The zero-order chi connectivity index (χ0) is 17.4. The molecule has 2 rings (SSSR count). The van der Waals surface area contributed by atoms with Crippen LogP contribution >= 0.6 is 0 Å². The summed E-state index contributed by atoms with van der Waals surface area (Å²) in [6.07, 6.45) is 5.93. The third-order valence-corrected chi connectivity index (χ3v) is 18.8. The molecule has 2 nitrogen and oxygen atoms in total. The monoisotopic (exact) mass is 388 g/mol. The number of fused-ring (bicyclic) bond motifs is 2. The highest BCUT2D eigenvalue weighted by Crippen LogP contribution is 2.59. The van der Waals surface area contributed by atoms with E-state index in [4.69, 9.17) is 8.23 Å². The fourth-order valence-electron chi connectivity index (χ4n) is 5.52. The van der Waals surface area contributed by atoms with E-state index in [1.807, 2.05) is 0 Å². The molecule has 2 fully saturated rings. The van der Waals surface area contributed by atoms with Crippen LogP contribution in [0, 0.1) is 17.8 Å². The Hall–Kier alpha value is 0.788. The number of hydrogen-bond donors (Lipinski definition) is 0. The smallest absolute Gasteiger partial charge is 0.176 e. The normalized spacial score (nSPS) is 31.6. The van der Waals surface area contributed by atoms with Gasteiger partial charge in [0.25, 0.3) is 0 Å². The summed E-state index contributed by atoms with van der Waals surface area (Å²) in [5.41, 5.74) is 0.947. The molecule has 0 aromatic heterocycles. The van der Waals surface area contributed by atoms with Crippen LogP contribution in [0.15, 0.2) is 0 Å². The Morgan fingerprint density at radius 2 is 1.43 bits per heavy atom. The Kier molecular flexibility index (Phi) is 6.62. The summed E-state index contributed by atoms with van der Waals surface area (Å²) in [7, 11) is -4.59. The predicted molar refractivity (Wildman–Crippen MR) is 112 cm³/mol. The standard InChI is InChI=1S/C17H40O2Si4/c1-20(2)18-22(5,6)10-9-14-11-16-12-15(14)13-17(16)23(7,8)19-21(3)4/h14-17,20-21H,9-13H2,1-8H3. The first kappa shape index (κ1) is 20.1. The first-order valence-corrected chi connectivity index (χ1v) is 21.5. The predicted octanol–water partition coefficient (Wildman–Crippen LogP) is 5.20. The van der Waals surface area contributed by atoms with Gasteiger partial charge in [0.15, 0.2) is 34.7 Å². The lowest BCUT2D eigenvalue weighted by Gasteiger charge is -2.39. The van der Waals surface area contributed by atoms with E-state index in [-0.39, 0.29) is 0 Å². The maximum absolute atomic E-state index is 6.54. The molecule has 0 aromatic rings. The largest absolute Gasteiger partial charge is 0.458 e. The van der Waals surface area contributed by atoms with Gasteiger partial charge in [-0.05, 0) is 101 Å². The molecule has 0 amide bonds. The van der Waals surface area contributed by atoms with Gasteiger partial charge in [0.1, 0.15) is 0 Å². The molecule has 4 atom stereocenters. The second-order valence-corrected chi connectivity index (χ2v) is 23.9. The van der Waals surface area contributed by atoms with Crippen molar-refractivity contribution in [3.8, 4) is 0 Å². The van der Waals surface area contributed by atoms with Crippen molar-refractivity contribution in [2.45, 2.75) is 89.6 Å². The maximum atomic E-state index is 6.54. The van der Waals surface area contributed by atoms with Crippen LogP contribution in [0.1, 0.15) is 25.7 Å². The molecular weight excluding hydrogens is 349 g/mol. The third-order valence-electron chi connectivity index (χ3n) is 6.11. The van der Waals surface area contributed by atoms with Crippen LogP contribution < -0.4 is 0 Å². The molecule has 0 spiro atoms. The van der Waals surface area contributed by atoms with Crippen molar-refractivity contribution < 1.29 is 8.23 Å². The Morgan fingerprint density at radius 1 is 0.826 bits per heavy atom. The quantitative estimate of drug-likeness (QED) is 0.532. The van der Waals surface area contributed by atoms with Gasteiger partial charge in [-0.15, -0.1) is 0 Å². The Balaban J connectivity index is 1.84. The maximum Gasteiger partial charge on any atom is 0.176 e. The van der Waals surface area contributed by atoms with Crippen LogP contribution in [0.25, 0.3) is 0 Å². The van der Waals surface area contributed by atoms with E-state index in [1.54, 1.807) is 0 Å². The van der Waals surface area contributed by atoms with Crippen LogP contribution in [0.4, 0.5) is 0 Å². The summed E-state index contributed by atoms with van der Waals surface area (Å²) in [5.74, 6) is 3.00. The van der Waals surface area contributed by atoms with E-state index < -0.39 is 34.7 Å². The van der Waals surface area contributed by atoms with Crippen LogP contribution in [0.5, 0.6) is 0 Å². The summed E-state index contributed by atoms with van der Waals surface area (Å²) in [6.45, 7) is 19.2. The van der Waals surface area contributed by atoms with Crippen LogP contribution in [0.3, 0.4) is 0 Å². The molecule has 0 radical (unpaired) electrons. The summed E-state index contributed by atoms with van der Waals surface area (Å²) >= 11 is 0. The van der Waals surface area contributed by atoms with Crippen molar-refractivity contribution >= 4 is 34.7 Å². The Labute approximate surface area is 150 Å². The van der Waals surface area contributed by atoms with E-state index in [0.717, 1.165) is 23.3 Å². The minimum absolute atomic E-state index is 0.867. The summed E-state index contributed by atoms with van der Waals surface area (Å²) in [5, 5.41) is 0. The molecule has 2 aliphatic carbocycles. The zero-order valence-electron chi connectivity index (χ0n) is 16.8. The van der Waals surface area contributed by atoms with Crippen molar-refractivity contribution in [1.82, 2.24) is 0 Å². The van der Waals surface area contributed by atoms with Gasteiger partial charge in [0, 0.05) is 0 Å². The lowest BCUT2D eigenvalue weighted by molar-refractivity contribution is 0.307. The second kappa shape index (κ2) is 7.58. The number of rotatable bonds is 8. The summed E-state index contributed by atoms with van der Waals surface area (Å²) in [4.78, 5) is 0. The van der Waals surface area contributed by atoms with Crippen molar-refractivity contribution in [1.29, 1.82) is 0 Å². The molecule has 2 aliphatic rings.